The van der Waals surface area contributed by atoms with Crippen LogP contribution in [0.3, 0.4) is 0 Å². The molecule has 158 valence electrons. The van der Waals surface area contributed by atoms with Crippen molar-refractivity contribution in [2.45, 2.75) is 25.1 Å². The van der Waals surface area contributed by atoms with Crippen molar-refractivity contribution in [1.82, 2.24) is 15.0 Å². The minimum atomic E-state index is -4.51. The second kappa shape index (κ2) is 7.83. The molecule has 31 heavy (non-hydrogen) atoms. The maximum atomic E-state index is 14.3. The highest BCUT2D eigenvalue weighted by Gasteiger charge is 2.36. The minimum absolute atomic E-state index is 0.0371. The second-order valence-electron chi connectivity index (χ2n) is 7.00. The Bertz CT molecular complexity index is 1180. The van der Waals surface area contributed by atoms with Crippen LogP contribution in [0.4, 0.5) is 17.6 Å². The van der Waals surface area contributed by atoms with E-state index in [2.05, 4.69) is 10.1 Å². The number of halogens is 4. The molecule has 0 bridgehead atoms. The smallest absolute Gasteiger partial charge is 0.337 e. The number of likely N-dealkylation sites (tertiary alicyclic amines) is 1. The van der Waals surface area contributed by atoms with Gasteiger partial charge in [-0.3, -0.25) is 4.79 Å². The maximum absolute atomic E-state index is 14.3. The van der Waals surface area contributed by atoms with Gasteiger partial charge in [-0.1, -0.05) is 17.3 Å². The molecule has 1 saturated heterocycles. The molecule has 1 atom stereocenters. The van der Waals surface area contributed by atoms with Crippen LogP contribution in [0.5, 0.6) is 0 Å². The van der Waals surface area contributed by atoms with Crippen molar-refractivity contribution in [3.05, 3.63) is 70.9 Å². The Hall–Kier alpha value is -3.74. The van der Waals surface area contributed by atoms with Gasteiger partial charge in [-0.05, 0) is 43.2 Å². The quantitative estimate of drug-likeness (QED) is 0.561. The maximum Gasteiger partial charge on any atom is 0.416 e. The lowest BCUT2D eigenvalue weighted by atomic mass is 10.1. The number of carbonyl (C=O) groups excluding carboxylic acids is 1. The summed E-state index contributed by atoms with van der Waals surface area (Å²) >= 11 is 0. The van der Waals surface area contributed by atoms with Crippen molar-refractivity contribution in [3.63, 3.8) is 0 Å². The summed E-state index contributed by atoms with van der Waals surface area (Å²) in [5.41, 5.74) is -0.817. The number of hydrogen-bond donors (Lipinski definition) is 0. The predicted molar refractivity (Wildman–Crippen MR) is 98.9 cm³/mol. The van der Waals surface area contributed by atoms with Gasteiger partial charge in [-0.25, -0.2) is 4.39 Å². The Morgan fingerprint density at radius 1 is 1.23 bits per heavy atom. The van der Waals surface area contributed by atoms with E-state index >= 15 is 0 Å². The van der Waals surface area contributed by atoms with E-state index in [1.807, 2.05) is 0 Å². The van der Waals surface area contributed by atoms with E-state index < -0.39 is 29.5 Å². The molecule has 2 aromatic carbocycles. The Morgan fingerprint density at radius 3 is 2.74 bits per heavy atom. The van der Waals surface area contributed by atoms with Crippen molar-refractivity contribution < 1.29 is 26.9 Å². The SMILES string of the molecule is N#Cc1ccc(C(=O)N2CCC[C@H]2c2nc(-c3cccc(C(F)(F)F)c3)no2)c(F)c1. The first-order chi connectivity index (χ1) is 14.8. The summed E-state index contributed by atoms with van der Waals surface area (Å²) in [7, 11) is 0. The highest BCUT2D eigenvalue weighted by Crippen LogP contribution is 2.35. The monoisotopic (exact) mass is 430 g/mol. The highest BCUT2D eigenvalue weighted by molar-refractivity contribution is 5.95. The minimum Gasteiger partial charge on any atom is -0.337 e. The molecule has 1 aliphatic rings. The predicted octanol–water partition coefficient (Wildman–Crippen LogP) is 4.74. The molecule has 6 nitrogen and oxygen atoms in total. The molecule has 1 aliphatic heterocycles. The average Bonchev–Trinajstić information content (AvgIpc) is 3.42. The van der Waals surface area contributed by atoms with Crippen LogP contribution in [0, 0.1) is 17.1 Å². The van der Waals surface area contributed by atoms with Crippen LogP contribution in [0.2, 0.25) is 0 Å². The molecule has 0 spiro atoms. The van der Waals surface area contributed by atoms with Gasteiger partial charge in [-0.15, -0.1) is 0 Å². The normalized spacial score (nSPS) is 16.4. The van der Waals surface area contributed by atoms with E-state index in [-0.39, 0.29) is 28.4 Å². The van der Waals surface area contributed by atoms with Gasteiger partial charge >= 0.3 is 6.18 Å². The first kappa shape index (κ1) is 20.5. The number of amides is 1. The second-order valence-corrected chi connectivity index (χ2v) is 7.00. The lowest BCUT2D eigenvalue weighted by molar-refractivity contribution is -0.137. The summed E-state index contributed by atoms with van der Waals surface area (Å²) in [6.07, 6.45) is -3.42. The third kappa shape index (κ3) is 3.99. The fraction of sp³-hybridized carbons (Fsp3) is 0.238. The summed E-state index contributed by atoms with van der Waals surface area (Å²) in [4.78, 5) is 18.4. The van der Waals surface area contributed by atoms with E-state index in [0.717, 1.165) is 18.2 Å². The number of benzene rings is 2. The molecule has 0 unspecified atom stereocenters. The van der Waals surface area contributed by atoms with Gasteiger partial charge in [-0.2, -0.15) is 23.4 Å². The lowest BCUT2D eigenvalue weighted by Gasteiger charge is -2.22. The van der Waals surface area contributed by atoms with Gasteiger partial charge in [0.15, 0.2) is 0 Å². The first-order valence-electron chi connectivity index (χ1n) is 9.30. The molecule has 0 aliphatic carbocycles. The molecular formula is C21H14F4N4O2. The zero-order valence-corrected chi connectivity index (χ0v) is 15.9. The van der Waals surface area contributed by atoms with Crippen molar-refractivity contribution in [2.24, 2.45) is 0 Å². The van der Waals surface area contributed by atoms with Crippen molar-refractivity contribution in [3.8, 4) is 17.5 Å². The number of aromatic nitrogens is 2. The molecule has 0 radical (unpaired) electrons. The Kier molecular flexibility index (Phi) is 5.19. The topological polar surface area (TPSA) is 83.0 Å². The van der Waals surface area contributed by atoms with Gasteiger partial charge < -0.3 is 9.42 Å². The molecule has 0 N–H and O–H groups in total. The number of alkyl halides is 3. The van der Waals surface area contributed by atoms with E-state index in [9.17, 15) is 22.4 Å². The van der Waals surface area contributed by atoms with Crippen molar-refractivity contribution >= 4 is 5.91 Å². The molecule has 10 heteroatoms. The highest BCUT2D eigenvalue weighted by atomic mass is 19.4. The van der Waals surface area contributed by atoms with Crippen molar-refractivity contribution in [1.29, 1.82) is 5.26 Å². The van der Waals surface area contributed by atoms with Crippen LogP contribution >= 0.6 is 0 Å². The Balaban J connectivity index is 1.60. The van der Waals surface area contributed by atoms with Crippen LogP contribution in [-0.2, 0) is 6.18 Å². The van der Waals surface area contributed by atoms with Gasteiger partial charge in [0.1, 0.15) is 11.9 Å². The van der Waals surface area contributed by atoms with Crippen LogP contribution in [0.25, 0.3) is 11.4 Å². The first-order valence-corrected chi connectivity index (χ1v) is 9.30. The Morgan fingerprint density at radius 2 is 2.03 bits per heavy atom. The van der Waals surface area contributed by atoms with E-state index in [1.165, 1.54) is 29.2 Å². The number of nitrogens with zero attached hydrogens (tertiary/aromatic N) is 4. The molecule has 3 aromatic rings. The third-order valence-corrected chi connectivity index (χ3v) is 5.02. The number of hydrogen-bond acceptors (Lipinski definition) is 5. The van der Waals surface area contributed by atoms with Crippen molar-refractivity contribution in [2.75, 3.05) is 6.54 Å². The standard InChI is InChI=1S/C21H14F4N4O2/c22-16-9-12(11-26)6-7-15(16)20(30)29-8-2-5-17(29)19-27-18(28-31-19)13-3-1-4-14(10-13)21(23,24)25/h1,3-4,6-7,9-10,17H,2,5,8H2/t17-/m0/s1. The van der Waals surface area contributed by atoms with Gasteiger partial charge in [0, 0.05) is 12.1 Å². The van der Waals surface area contributed by atoms with E-state index in [0.29, 0.717) is 19.4 Å². The van der Waals surface area contributed by atoms with Gasteiger partial charge in [0.25, 0.3) is 5.91 Å². The summed E-state index contributed by atoms with van der Waals surface area (Å²) in [6, 6.07) is 9.27. The molecular weight excluding hydrogens is 416 g/mol. The summed E-state index contributed by atoms with van der Waals surface area (Å²) < 4.78 is 58.4. The molecule has 2 heterocycles. The zero-order valence-electron chi connectivity index (χ0n) is 15.9. The molecule has 1 aromatic heterocycles. The fourth-order valence-electron chi connectivity index (χ4n) is 3.50. The molecule has 1 fully saturated rings. The number of rotatable bonds is 3. The molecule has 0 saturated carbocycles. The van der Waals surface area contributed by atoms with E-state index in [1.54, 1.807) is 6.07 Å². The van der Waals surface area contributed by atoms with Gasteiger partial charge in [0.2, 0.25) is 11.7 Å². The average molecular weight is 430 g/mol. The van der Waals surface area contributed by atoms with E-state index in [4.69, 9.17) is 9.78 Å². The van der Waals surface area contributed by atoms with Crippen LogP contribution < -0.4 is 0 Å². The third-order valence-electron chi connectivity index (χ3n) is 5.02. The number of carbonyl (C=O) groups is 1. The summed E-state index contributed by atoms with van der Waals surface area (Å²) in [5, 5.41) is 12.6. The zero-order chi connectivity index (χ0) is 22.2. The number of nitriles is 1. The molecule has 4 rings (SSSR count). The summed E-state index contributed by atoms with van der Waals surface area (Å²) in [6.45, 7) is 0.324. The Labute approximate surface area is 173 Å². The van der Waals surface area contributed by atoms with Gasteiger partial charge in [0.05, 0.1) is 22.8 Å². The van der Waals surface area contributed by atoms with Crippen LogP contribution in [0.15, 0.2) is 47.0 Å². The fourth-order valence-corrected chi connectivity index (χ4v) is 3.50. The van der Waals surface area contributed by atoms with Crippen LogP contribution in [0.1, 0.15) is 46.3 Å². The largest absolute Gasteiger partial charge is 0.416 e. The molecule has 1 amide bonds. The summed E-state index contributed by atoms with van der Waals surface area (Å²) in [5.74, 6) is -1.38. The lowest BCUT2D eigenvalue weighted by Crippen LogP contribution is -2.31. The van der Waals surface area contributed by atoms with Crippen LogP contribution in [-0.4, -0.2) is 27.5 Å².